The Morgan fingerprint density at radius 2 is 1.85 bits per heavy atom. The summed E-state index contributed by atoms with van der Waals surface area (Å²) in [6, 6.07) is 16.2. The quantitative estimate of drug-likeness (QED) is 0.307. The van der Waals surface area contributed by atoms with Crippen LogP contribution >= 0.6 is 23.4 Å². The van der Waals surface area contributed by atoms with Crippen LogP contribution in [0.3, 0.4) is 0 Å². The highest BCUT2D eigenvalue weighted by molar-refractivity contribution is 7.99. The molecule has 172 valence electrons. The number of thioether (sulfide) groups is 1. The largest absolute Gasteiger partial charge is 0.454 e. The molecule has 34 heavy (non-hydrogen) atoms. The van der Waals surface area contributed by atoms with Gasteiger partial charge in [-0.3, -0.25) is 14.2 Å². The fraction of sp³-hybridized carbons (Fsp3) is 0.160. The highest BCUT2D eigenvalue weighted by Crippen LogP contribution is 2.39. The zero-order valence-corrected chi connectivity index (χ0v) is 20.0. The van der Waals surface area contributed by atoms with Gasteiger partial charge in [0.25, 0.3) is 5.56 Å². The number of aryl methyl sites for hydroxylation is 2. The number of carbonyl (C=O) groups excluding carboxylic acids is 1. The SMILES string of the molecule is Cc1ccc(-n2c(SCC(=O)Nc3cc4c(cc3Cl)OCO4)nc3ccccc3c2=O)cc1C. The number of para-hydroxylation sites is 1. The number of fused-ring (bicyclic) bond motifs is 2. The Balaban J connectivity index is 1.46. The summed E-state index contributed by atoms with van der Waals surface area (Å²) in [5.41, 5.74) is 3.70. The maximum atomic E-state index is 13.4. The Morgan fingerprint density at radius 3 is 2.65 bits per heavy atom. The summed E-state index contributed by atoms with van der Waals surface area (Å²) in [6.07, 6.45) is 0. The molecule has 5 rings (SSSR count). The van der Waals surface area contributed by atoms with Crippen molar-refractivity contribution in [2.45, 2.75) is 19.0 Å². The fourth-order valence-electron chi connectivity index (χ4n) is 3.63. The Kier molecular flexibility index (Phi) is 5.93. The third-order valence-electron chi connectivity index (χ3n) is 5.56. The molecular weight excluding hydrogens is 474 g/mol. The molecule has 1 amide bonds. The molecular formula is C25H20ClN3O4S. The van der Waals surface area contributed by atoms with E-state index in [4.69, 9.17) is 26.1 Å². The summed E-state index contributed by atoms with van der Waals surface area (Å²) >= 11 is 7.45. The predicted octanol–water partition coefficient (Wildman–Crippen LogP) is 5.12. The Hall–Kier alpha value is -3.49. The van der Waals surface area contributed by atoms with Crippen LogP contribution in [0.4, 0.5) is 5.69 Å². The molecule has 0 spiro atoms. The topological polar surface area (TPSA) is 82.5 Å². The first kappa shape index (κ1) is 22.3. The number of nitrogens with zero attached hydrogens (tertiary/aromatic N) is 2. The lowest BCUT2D eigenvalue weighted by atomic mass is 10.1. The molecule has 0 bridgehead atoms. The first-order valence-electron chi connectivity index (χ1n) is 10.5. The van der Waals surface area contributed by atoms with Crippen molar-refractivity contribution in [2.24, 2.45) is 0 Å². The monoisotopic (exact) mass is 493 g/mol. The second kappa shape index (κ2) is 9.04. The van der Waals surface area contributed by atoms with E-state index in [2.05, 4.69) is 5.32 Å². The molecule has 2 heterocycles. The van der Waals surface area contributed by atoms with Crippen LogP contribution in [0.2, 0.25) is 5.02 Å². The standard InChI is InChI=1S/C25H20ClN3O4S/c1-14-7-8-16(9-15(14)2)29-24(31)17-5-3-4-6-19(17)28-25(29)34-12-23(30)27-20-11-22-21(10-18(20)26)32-13-33-22/h3-11H,12-13H2,1-2H3,(H,27,30). The van der Waals surface area contributed by atoms with E-state index in [1.807, 2.05) is 44.2 Å². The molecule has 1 aliphatic rings. The van der Waals surface area contributed by atoms with Crippen LogP contribution in [0.15, 0.2) is 64.5 Å². The van der Waals surface area contributed by atoms with Gasteiger partial charge in [-0.2, -0.15) is 0 Å². The first-order valence-corrected chi connectivity index (χ1v) is 11.9. The van der Waals surface area contributed by atoms with Gasteiger partial charge in [-0.1, -0.05) is 41.6 Å². The van der Waals surface area contributed by atoms with Gasteiger partial charge in [-0.25, -0.2) is 4.98 Å². The van der Waals surface area contributed by atoms with Crippen molar-refractivity contribution < 1.29 is 14.3 Å². The molecule has 3 aromatic carbocycles. The van der Waals surface area contributed by atoms with E-state index in [0.29, 0.717) is 44.0 Å². The minimum Gasteiger partial charge on any atom is -0.454 e. The molecule has 0 saturated carbocycles. The summed E-state index contributed by atoms with van der Waals surface area (Å²) in [5.74, 6) is 0.794. The van der Waals surface area contributed by atoms with Crippen LogP contribution in [0.1, 0.15) is 11.1 Å². The number of benzene rings is 3. The predicted molar refractivity (Wildman–Crippen MR) is 134 cm³/mol. The van der Waals surface area contributed by atoms with Crippen molar-refractivity contribution in [3.05, 3.63) is 81.1 Å². The molecule has 4 aromatic rings. The number of hydrogen-bond donors (Lipinski definition) is 1. The second-order valence-corrected chi connectivity index (χ2v) is 9.19. The highest BCUT2D eigenvalue weighted by Gasteiger charge is 2.19. The van der Waals surface area contributed by atoms with Crippen molar-refractivity contribution in [3.63, 3.8) is 0 Å². The third kappa shape index (κ3) is 4.22. The lowest BCUT2D eigenvalue weighted by Crippen LogP contribution is -2.23. The van der Waals surface area contributed by atoms with Crippen molar-refractivity contribution in [1.29, 1.82) is 0 Å². The van der Waals surface area contributed by atoms with E-state index >= 15 is 0 Å². The molecule has 7 nitrogen and oxygen atoms in total. The van der Waals surface area contributed by atoms with Gasteiger partial charge in [-0.05, 0) is 49.2 Å². The lowest BCUT2D eigenvalue weighted by Gasteiger charge is -2.14. The summed E-state index contributed by atoms with van der Waals surface area (Å²) in [4.78, 5) is 30.8. The third-order valence-corrected chi connectivity index (χ3v) is 6.81. The van der Waals surface area contributed by atoms with Gasteiger partial charge < -0.3 is 14.8 Å². The zero-order chi connectivity index (χ0) is 23.8. The number of hydrogen-bond acceptors (Lipinski definition) is 6. The summed E-state index contributed by atoms with van der Waals surface area (Å²) in [5, 5.41) is 4.09. The van der Waals surface area contributed by atoms with Crippen LogP contribution in [0.25, 0.3) is 16.6 Å². The molecule has 0 radical (unpaired) electrons. The average Bonchev–Trinajstić information content (AvgIpc) is 3.27. The number of aromatic nitrogens is 2. The molecule has 9 heteroatoms. The lowest BCUT2D eigenvalue weighted by molar-refractivity contribution is -0.113. The van der Waals surface area contributed by atoms with Gasteiger partial charge in [0.05, 0.1) is 33.1 Å². The fourth-order valence-corrected chi connectivity index (χ4v) is 4.64. The van der Waals surface area contributed by atoms with Gasteiger partial charge in [0.1, 0.15) is 0 Å². The molecule has 1 aliphatic heterocycles. The second-order valence-electron chi connectivity index (χ2n) is 7.84. The van der Waals surface area contributed by atoms with Crippen molar-refractivity contribution in [1.82, 2.24) is 9.55 Å². The van der Waals surface area contributed by atoms with Gasteiger partial charge in [0.2, 0.25) is 12.7 Å². The van der Waals surface area contributed by atoms with Crippen LogP contribution in [0, 0.1) is 13.8 Å². The Morgan fingerprint density at radius 1 is 1.09 bits per heavy atom. The number of anilines is 1. The molecule has 0 fully saturated rings. The van der Waals surface area contributed by atoms with Gasteiger partial charge in [0, 0.05) is 12.1 Å². The number of carbonyl (C=O) groups is 1. The molecule has 0 saturated heterocycles. The number of ether oxygens (including phenoxy) is 2. The molecule has 0 atom stereocenters. The van der Waals surface area contributed by atoms with E-state index in [9.17, 15) is 9.59 Å². The highest BCUT2D eigenvalue weighted by atomic mass is 35.5. The first-order chi connectivity index (χ1) is 16.4. The number of amides is 1. The Labute approximate surface area is 204 Å². The summed E-state index contributed by atoms with van der Waals surface area (Å²) < 4.78 is 12.2. The van der Waals surface area contributed by atoms with Crippen molar-refractivity contribution in [2.75, 3.05) is 17.9 Å². The van der Waals surface area contributed by atoms with Crippen LogP contribution < -0.4 is 20.3 Å². The van der Waals surface area contributed by atoms with E-state index in [1.165, 1.54) is 11.8 Å². The molecule has 1 aromatic heterocycles. The smallest absolute Gasteiger partial charge is 0.266 e. The number of rotatable bonds is 5. The van der Waals surface area contributed by atoms with E-state index in [0.717, 1.165) is 11.1 Å². The number of nitrogens with one attached hydrogen (secondary N) is 1. The molecule has 1 N–H and O–H groups in total. The molecule has 0 aliphatic carbocycles. The maximum Gasteiger partial charge on any atom is 0.266 e. The van der Waals surface area contributed by atoms with E-state index < -0.39 is 0 Å². The minimum atomic E-state index is -0.292. The minimum absolute atomic E-state index is 0.0282. The average molecular weight is 494 g/mol. The maximum absolute atomic E-state index is 13.4. The number of halogens is 1. The van der Waals surface area contributed by atoms with Crippen LogP contribution in [-0.4, -0.2) is 28.0 Å². The van der Waals surface area contributed by atoms with Crippen molar-refractivity contribution >= 4 is 45.9 Å². The normalized spacial score (nSPS) is 12.2. The Bertz CT molecular complexity index is 1500. The van der Waals surface area contributed by atoms with E-state index in [1.54, 1.807) is 28.8 Å². The van der Waals surface area contributed by atoms with Crippen LogP contribution in [-0.2, 0) is 4.79 Å². The van der Waals surface area contributed by atoms with Gasteiger partial charge in [0.15, 0.2) is 16.7 Å². The van der Waals surface area contributed by atoms with Gasteiger partial charge >= 0.3 is 0 Å². The van der Waals surface area contributed by atoms with Crippen molar-refractivity contribution in [3.8, 4) is 17.2 Å². The summed E-state index contributed by atoms with van der Waals surface area (Å²) in [7, 11) is 0. The van der Waals surface area contributed by atoms with Gasteiger partial charge in [-0.15, -0.1) is 0 Å². The van der Waals surface area contributed by atoms with E-state index in [-0.39, 0.29) is 24.0 Å². The molecule has 0 unspecified atom stereocenters. The zero-order valence-electron chi connectivity index (χ0n) is 18.4. The van der Waals surface area contributed by atoms with Crippen LogP contribution in [0.5, 0.6) is 11.5 Å². The summed E-state index contributed by atoms with van der Waals surface area (Å²) in [6.45, 7) is 4.12.